The van der Waals surface area contributed by atoms with Crippen LogP contribution in [0.3, 0.4) is 0 Å². The molecule has 1 unspecified atom stereocenters. The van der Waals surface area contributed by atoms with Gasteiger partial charge >= 0.3 is 0 Å². The number of nitrogens with zero attached hydrogens (tertiary/aromatic N) is 1. The van der Waals surface area contributed by atoms with Crippen molar-refractivity contribution in [1.82, 2.24) is 4.98 Å². The molecule has 5 nitrogen and oxygen atoms in total. The maximum absolute atomic E-state index is 10.0. The molecule has 1 N–H and O–H groups in total. The molecular weight excluding hydrogens is 258 g/mol. The SMILES string of the molecule is COCCOCCC(O)Cc1ncc(C)c(OC)c1C. The standard InChI is InChI=1S/C15H25NO4/c1-11-10-16-14(12(2)15(11)19-4)9-13(17)5-6-20-8-7-18-3/h10,13,17H,5-9H2,1-4H3. The summed E-state index contributed by atoms with van der Waals surface area (Å²) in [6.45, 7) is 5.58. The maximum atomic E-state index is 10.0. The van der Waals surface area contributed by atoms with Gasteiger partial charge in [-0.1, -0.05) is 0 Å². The van der Waals surface area contributed by atoms with Crippen LogP contribution in [-0.4, -0.2) is 50.2 Å². The fraction of sp³-hybridized carbons (Fsp3) is 0.667. The van der Waals surface area contributed by atoms with Gasteiger partial charge < -0.3 is 19.3 Å². The maximum Gasteiger partial charge on any atom is 0.128 e. The lowest BCUT2D eigenvalue weighted by Gasteiger charge is -2.15. The largest absolute Gasteiger partial charge is 0.496 e. The van der Waals surface area contributed by atoms with Crippen molar-refractivity contribution in [2.75, 3.05) is 34.0 Å². The molecule has 0 amide bonds. The predicted octanol–water partition coefficient (Wildman–Crippen LogP) is 1.66. The van der Waals surface area contributed by atoms with Crippen molar-refractivity contribution in [2.45, 2.75) is 32.8 Å². The van der Waals surface area contributed by atoms with Gasteiger partial charge in [-0.25, -0.2) is 0 Å². The lowest BCUT2D eigenvalue weighted by atomic mass is 10.0. The van der Waals surface area contributed by atoms with Crippen LogP contribution in [0.4, 0.5) is 0 Å². The first-order valence-electron chi connectivity index (χ1n) is 6.84. The normalized spacial score (nSPS) is 12.4. The number of ether oxygens (including phenoxy) is 3. The third-order valence-corrected chi connectivity index (χ3v) is 3.21. The molecule has 1 rings (SSSR count). The number of methoxy groups -OCH3 is 2. The van der Waals surface area contributed by atoms with Crippen LogP contribution in [0, 0.1) is 13.8 Å². The number of pyridine rings is 1. The molecule has 1 atom stereocenters. The highest BCUT2D eigenvalue weighted by atomic mass is 16.5. The van der Waals surface area contributed by atoms with E-state index in [1.165, 1.54) is 0 Å². The average molecular weight is 283 g/mol. The number of aryl methyl sites for hydroxylation is 1. The first kappa shape index (κ1) is 16.9. The second-order valence-corrected chi connectivity index (χ2v) is 4.80. The topological polar surface area (TPSA) is 60.8 Å². The fourth-order valence-electron chi connectivity index (χ4n) is 2.07. The summed E-state index contributed by atoms with van der Waals surface area (Å²) in [5, 5.41) is 10.0. The first-order chi connectivity index (χ1) is 9.60. The molecule has 0 aliphatic carbocycles. The van der Waals surface area contributed by atoms with Gasteiger partial charge in [0.1, 0.15) is 5.75 Å². The smallest absolute Gasteiger partial charge is 0.128 e. The third-order valence-electron chi connectivity index (χ3n) is 3.21. The molecule has 0 aliphatic rings. The van der Waals surface area contributed by atoms with Crippen LogP contribution >= 0.6 is 0 Å². The summed E-state index contributed by atoms with van der Waals surface area (Å²) < 4.78 is 15.6. The molecule has 0 saturated heterocycles. The number of rotatable bonds is 9. The zero-order valence-corrected chi connectivity index (χ0v) is 12.8. The van der Waals surface area contributed by atoms with Crippen molar-refractivity contribution in [3.63, 3.8) is 0 Å². The molecule has 0 fully saturated rings. The Bertz CT molecular complexity index is 409. The zero-order chi connectivity index (χ0) is 15.0. The van der Waals surface area contributed by atoms with Crippen LogP contribution in [0.2, 0.25) is 0 Å². The highest BCUT2D eigenvalue weighted by Crippen LogP contribution is 2.24. The average Bonchev–Trinajstić information content (AvgIpc) is 2.42. The van der Waals surface area contributed by atoms with Gasteiger partial charge in [0, 0.05) is 43.2 Å². The molecule has 0 aromatic carbocycles. The number of aliphatic hydroxyl groups is 1. The van der Waals surface area contributed by atoms with Gasteiger partial charge in [-0.3, -0.25) is 4.98 Å². The minimum atomic E-state index is -0.462. The van der Waals surface area contributed by atoms with E-state index in [0.29, 0.717) is 32.7 Å². The molecule has 0 aliphatic heterocycles. The number of hydrogen-bond donors (Lipinski definition) is 1. The zero-order valence-electron chi connectivity index (χ0n) is 12.8. The van der Waals surface area contributed by atoms with E-state index in [1.54, 1.807) is 20.4 Å². The summed E-state index contributed by atoms with van der Waals surface area (Å²) in [4.78, 5) is 4.38. The highest BCUT2D eigenvalue weighted by molar-refractivity contribution is 5.41. The Morgan fingerprint density at radius 3 is 2.60 bits per heavy atom. The lowest BCUT2D eigenvalue weighted by molar-refractivity contribution is 0.0477. The summed E-state index contributed by atoms with van der Waals surface area (Å²) in [6.07, 6.45) is 2.41. The molecule has 20 heavy (non-hydrogen) atoms. The van der Waals surface area contributed by atoms with Gasteiger partial charge in [0.25, 0.3) is 0 Å². The van der Waals surface area contributed by atoms with Crippen molar-refractivity contribution in [2.24, 2.45) is 0 Å². The van der Waals surface area contributed by atoms with Crippen LogP contribution in [0.1, 0.15) is 23.2 Å². The van der Waals surface area contributed by atoms with E-state index in [1.807, 2.05) is 13.8 Å². The van der Waals surface area contributed by atoms with E-state index >= 15 is 0 Å². The van der Waals surface area contributed by atoms with E-state index in [0.717, 1.165) is 22.6 Å². The Labute approximate surface area is 120 Å². The summed E-state index contributed by atoms with van der Waals surface area (Å²) in [5.74, 6) is 0.846. The van der Waals surface area contributed by atoms with Gasteiger partial charge in [-0.15, -0.1) is 0 Å². The quantitative estimate of drug-likeness (QED) is 0.698. The summed E-state index contributed by atoms with van der Waals surface area (Å²) >= 11 is 0. The Balaban J connectivity index is 2.47. The summed E-state index contributed by atoms with van der Waals surface area (Å²) in [5.41, 5.74) is 2.87. The molecule has 114 valence electrons. The molecule has 0 spiro atoms. The predicted molar refractivity (Wildman–Crippen MR) is 77.3 cm³/mol. The molecule has 0 bridgehead atoms. The Morgan fingerprint density at radius 2 is 1.95 bits per heavy atom. The lowest BCUT2D eigenvalue weighted by Crippen LogP contribution is -2.16. The van der Waals surface area contributed by atoms with E-state index in [2.05, 4.69) is 4.98 Å². The number of aromatic nitrogens is 1. The minimum Gasteiger partial charge on any atom is -0.496 e. The van der Waals surface area contributed by atoms with Crippen LogP contribution in [0.25, 0.3) is 0 Å². The second kappa shape index (κ2) is 8.89. The number of hydrogen-bond acceptors (Lipinski definition) is 5. The molecule has 5 heteroatoms. The third kappa shape index (κ3) is 5.07. The Kier molecular flexibility index (Phi) is 7.51. The monoisotopic (exact) mass is 283 g/mol. The van der Waals surface area contributed by atoms with Crippen molar-refractivity contribution in [3.05, 3.63) is 23.0 Å². The van der Waals surface area contributed by atoms with E-state index in [4.69, 9.17) is 14.2 Å². The van der Waals surface area contributed by atoms with Gasteiger partial charge in [0.05, 0.1) is 26.4 Å². The van der Waals surface area contributed by atoms with E-state index < -0.39 is 6.10 Å². The molecule has 0 saturated carbocycles. The van der Waals surface area contributed by atoms with Gasteiger partial charge in [-0.2, -0.15) is 0 Å². The first-order valence-corrected chi connectivity index (χ1v) is 6.84. The van der Waals surface area contributed by atoms with Crippen molar-refractivity contribution in [1.29, 1.82) is 0 Å². The van der Waals surface area contributed by atoms with E-state index in [-0.39, 0.29) is 0 Å². The Hall–Kier alpha value is -1.17. The van der Waals surface area contributed by atoms with Crippen molar-refractivity contribution in [3.8, 4) is 5.75 Å². The van der Waals surface area contributed by atoms with Gasteiger partial charge in [0.15, 0.2) is 0 Å². The fourth-order valence-corrected chi connectivity index (χ4v) is 2.07. The molecular formula is C15H25NO4. The van der Waals surface area contributed by atoms with Crippen molar-refractivity contribution < 1.29 is 19.3 Å². The van der Waals surface area contributed by atoms with Gasteiger partial charge in [-0.05, 0) is 20.3 Å². The van der Waals surface area contributed by atoms with Gasteiger partial charge in [0.2, 0.25) is 0 Å². The summed E-state index contributed by atoms with van der Waals surface area (Å²) in [7, 11) is 3.29. The van der Waals surface area contributed by atoms with Crippen LogP contribution < -0.4 is 4.74 Å². The number of aliphatic hydroxyl groups excluding tert-OH is 1. The summed E-state index contributed by atoms with van der Waals surface area (Å²) in [6, 6.07) is 0. The van der Waals surface area contributed by atoms with Crippen LogP contribution in [-0.2, 0) is 15.9 Å². The molecule has 1 aromatic heterocycles. The van der Waals surface area contributed by atoms with Crippen LogP contribution in [0.15, 0.2) is 6.20 Å². The molecule has 1 aromatic rings. The van der Waals surface area contributed by atoms with Crippen molar-refractivity contribution >= 4 is 0 Å². The van der Waals surface area contributed by atoms with E-state index in [9.17, 15) is 5.11 Å². The second-order valence-electron chi connectivity index (χ2n) is 4.80. The molecule has 1 heterocycles. The Morgan fingerprint density at radius 1 is 1.20 bits per heavy atom. The van der Waals surface area contributed by atoms with Crippen LogP contribution in [0.5, 0.6) is 5.75 Å². The molecule has 0 radical (unpaired) electrons. The minimum absolute atomic E-state index is 0.462. The highest BCUT2D eigenvalue weighted by Gasteiger charge is 2.13.